The van der Waals surface area contributed by atoms with E-state index in [2.05, 4.69) is 56.5 Å². The molecule has 0 aliphatic carbocycles. The Bertz CT molecular complexity index is 1560. The van der Waals surface area contributed by atoms with Crippen LogP contribution in [0.2, 0.25) is 0 Å². The van der Waals surface area contributed by atoms with Gasteiger partial charge in [-0.2, -0.15) is 0 Å². The van der Waals surface area contributed by atoms with Crippen molar-refractivity contribution in [3.63, 3.8) is 0 Å². The lowest BCUT2D eigenvalue weighted by atomic mass is 10.0. The molecule has 508 valence electrons. The van der Waals surface area contributed by atoms with E-state index in [1.54, 1.807) is 0 Å². The number of amides is 1. The highest BCUT2D eigenvalue weighted by Gasteiger charge is 2.30. The summed E-state index contributed by atoms with van der Waals surface area (Å²) < 4.78 is 30.9. The molecule has 0 rings (SSSR count). The molecule has 1 amide bonds. The lowest BCUT2D eigenvalue weighted by molar-refractivity contribution is -0.870. The predicted molar refractivity (Wildman–Crippen MR) is 374 cm³/mol. The molecule has 0 aromatic heterocycles. The molecule has 0 radical (unpaired) electrons. The van der Waals surface area contributed by atoms with Crippen LogP contribution in [0.3, 0.4) is 0 Å². The minimum atomic E-state index is -4.45. The zero-order chi connectivity index (χ0) is 62.8. The van der Waals surface area contributed by atoms with E-state index in [0.29, 0.717) is 23.9 Å². The Balaban J connectivity index is 4.94. The monoisotopic (exact) mass is 1230 g/mol. The molecule has 0 bridgehead atoms. The summed E-state index contributed by atoms with van der Waals surface area (Å²) in [4.78, 5) is 38.0. The number of likely N-dealkylation sites (N-methyl/N-ethyl adjacent to an activating group) is 1. The van der Waals surface area contributed by atoms with Gasteiger partial charge in [-0.1, -0.05) is 347 Å². The van der Waals surface area contributed by atoms with Gasteiger partial charge in [0.25, 0.3) is 0 Å². The van der Waals surface area contributed by atoms with Crippen molar-refractivity contribution >= 4 is 19.7 Å². The van der Waals surface area contributed by atoms with Crippen LogP contribution in [0.4, 0.5) is 0 Å². The van der Waals surface area contributed by atoms with Crippen LogP contribution in [0.15, 0.2) is 36.5 Å². The maximum absolute atomic E-state index is 13.6. The van der Waals surface area contributed by atoms with Crippen LogP contribution in [0.1, 0.15) is 387 Å². The standard InChI is InChI=1S/C76H147N2O7P/c1-7-10-13-16-19-22-25-28-30-32-34-36-37-38-39-40-41-43-45-47-49-51-54-57-60-63-66-69-76(80)85-74(67-64-61-58-55-52-27-24-21-18-15-12-9-3)73(72-84-86(81,82)83-71-70-78(4,5)6)77-75(79)68-65-62-59-56-53-50-48-46-44-42-35-33-31-29-26-23-20-17-14-11-8-2/h20,23,29,31,64,67,73-74H,7-19,21-22,24-28,30,32-63,65-66,68-72H2,1-6H3,(H-,77,79,81,82)/p+1/b23-20-,31-29-,67-64-. The molecule has 2 N–H and O–H groups in total. The van der Waals surface area contributed by atoms with Crippen LogP contribution in [0.25, 0.3) is 0 Å². The Kier molecular flexibility index (Phi) is 64.8. The first-order valence-electron chi connectivity index (χ1n) is 37.8. The number of esters is 1. The number of quaternary nitrogens is 1. The average Bonchev–Trinajstić information content (AvgIpc) is 3.66. The Morgan fingerprint density at radius 2 is 0.709 bits per heavy atom. The fourth-order valence-corrected chi connectivity index (χ4v) is 12.2. The van der Waals surface area contributed by atoms with Crippen molar-refractivity contribution < 1.29 is 37.3 Å². The van der Waals surface area contributed by atoms with Crippen molar-refractivity contribution in [2.45, 2.75) is 399 Å². The first-order chi connectivity index (χ1) is 41.9. The number of allylic oxidation sites excluding steroid dienone is 5. The van der Waals surface area contributed by atoms with Gasteiger partial charge in [-0.15, -0.1) is 0 Å². The molecule has 0 aromatic carbocycles. The molecule has 3 atom stereocenters. The average molecular weight is 1230 g/mol. The van der Waals surface area contributed by atoms with Crippen LogP contribution < -0.4 is 5.32 Å². The highest BCUT2D eigenvalue weighted by atomic mass is 31.2. The summed E-state index contributed by atoms with van der Waals surface area (Å²) in [7, 11) is 1.51. The SMILES string of the molecule is CCCCC/C=C\C/C=C\CCCCCCCCCCCCCC(=O)NC(COP(=O)(O)OCC[N+](C)(C)C)C(/C=C\CCCCCCCCCCCC)OC(=O)CCCCCCCCCCCCCCCCCCCCCCCCCCCCC. The maximum Gasteiger partial charge on any atom is 0.472 e. The Morgan fingerprint density at radius 1 is 0.407 bits per heavy atom. The highest BCUT2D eigenvalue weighted by Crippen LogP contribution is 2.43. The van der Waals surface area contributed by atoms with E-state index in [1.165, 1.54) is 289 Å². The zero-order valence-electron chi connectivity index (χ0n) is 58.3. The molecule has 10 heteroatoms. The molecule has 3 unspecified atom stereocenters. The summed E-state index contributed by atoms with van der Waals surface area (Å²) in [6.07, 6.45) is 83.2. The molecule has 0 aliphatic rings. The second kappa shape index (κ2) is 66.2. The molecule has 0 aliphatic heterocycles. The summed E-state index contributed by atoms with van der Waals surface area (Å²) in [5, 5.41) is 3.08. The molecule has 0 saturated carbocycles. The molecule has 0 saturated heterocycles. The van der Waals surface area contributed by atoms with E-state index in [4.69, 9.17) is 13.8 Å². The summed E-state index contributed by atoms with van der Waals surface area (Å²) >= 11 is 0. The highest BCUT2D eigenvalue weighted by molar-refractivity contribution is 7.47. The zero-order valence-corrected chi connectivity index (χ0v) is 59.2. The van der Waals surface area contributed by atoms with E-state index < -0.39 is 20.0 Å². The summed E-state index contributed by atoms with van der Waals surface area (Å²) in [5.41, 5.74) is 0. The molecular formula is C76H148N2O7P+. The van der Waals surface area contributed by atoms with Gasteiger partial charge in [0.1, 0.15) is 19.3 Å². The number of nitrogens with one attached hydrogen (secondary N) is 1. The Morgan fingerprint density at radius 3 is 1.07 bits per heavy atom. The van der Waals surface area contributed by atoms with E-state index in [-0.39, 0.29) is 25.1 Å². The van der Waals surface area contributed by atoms with Crippen LogP contribution >= 0.6 is 7.82 Å². The fraction of sp³-hybridized carbons (Fsp3) is 0.895. The first kappa shape index (κ1) is 84.2. The molecular weight excluding hydrogens is 1080 g/mol. The largest absolute Gasteiger partial charge is 0.472 e. The number of carbonyl (C=O) groups excluding carboxylic acids is 2. The number of rotatable bonds is 70. The van der Waals surface area contributed by atoms with Gasteiger partial charge in [-0.05, 0) is 63.9 Å². The molecule has 0 aromatic rings. The third-order valence-corrected chi connectivity index (χ3v) is 18.3. The van der Waals surface area contributed by atoms with Crippen LogP contribution in [-0.4, -0.2) is 74.3 Å². The van der Waals surface area contributed by atoms with Gasteiger partial charge in [0, 0.05) is 12.8 Å². The number of hydrogen-bond donors (Lipinski definition) is 2. The van der Waals surface area contributed by atoms with Gasteiger partial charge in [0.2, 0.25) is 5.91 Å². The third kappa shape index (κ3) is 66.6. The van der Waals surface area contributed by atoms with Gasteiger partial charge >= 0.3 is 13.8 Å². The number of phosphoric ester groups is 1. The number of nitrogens with zero attached hydrogens (tertiary/aromatic N) is 1. The summed E-state index contributed by atoms with van der Waals surface area (Å²) in [6, 6.07) is -0.847. The van der Waals surface area contributed by atoms with Crippen molar-refractivity contribution in [2.75, 3.05) is 40.9 Å². The number of phosphoric acid groups is 1. The number of carbonyl (C=O) groups is 2. The van der Waals surface area contributed by atoms with Crippen molar-refractivity contribution in [1.29, 1.82) is 0 Å². The molecule has 0 spiro atoms. The first-order valence-corrected chi connectivity index (χ1v) is 39.3. The third-order valence-electron chi connectivity index (χ3n) is 17.3. The fourth-order valence-electron chi connectivity index (χ4n) is 11.5. The van der Waals surface area contributed by atoms with E-state index >= 15 is 0 Å². The summed E-state index contributed by atoms with van der Waals surface area (Å²) in [5.74, 6) is -0.485. The lowest BCUT2D eigenvalue weighted by Crippen LogP contribution is -2.47. The van der Waals surface area contributed by atoms with Gasteiger partial charge in [-0.25, -0.2) is 4.57 Å². The van der Waals surface area contributed by atoms with Crippen molar-refractivity contribution in [3.8, 4) is 0 Å². The topological polar surface area (TPSA) is 111 Å². The van der Waals surface area contributed by atoms with Crippen LogP contribution in [0, 0.1) is 0 Å². The van der Waals surface area contributed by atoms with Gasteiger partial charge in [0.05, 0.1) is 33.8 Å². The minimum Gasteiger partial charge on any atom is -0.456 e. The number of hydrogen-bond acceptors (Lipinski definition) is 6. The van der Waals surface area contributed by atoms with Gasteiger partial charge in [-0.3, -0.25) is 18.6 Å². The molecule has 86 heavy (non-hydrogen) atoms. The molecule has 9 nitrogen and oxygen atoms in total. The normalized spacial score (nSPS) is 13.6. The molecule has 0 heterocycles. The van der Waals surface area contributed by atoms with Crippen molar-refractivity contribution in [1.82, 2.24) is 5.32 Å². The van der Waals surface area contributed by atoms with Crippen molar-refractivity contribution in [2.24, 2.45) is 0 Å². The van der Waals surface area contributed by atoms with Crippen molar-refractivity contribution in [3.05, 3.63) is 36.5 Å². The van der Waals surface area contributed by atoms with E-state index in [1.807, 2.05) is 27.2 Å². The van der Waals surface area contributed by atoms with E-state index in [0.717, 1.165) is 64.2 Å². The number of ether oxygens (including phenoxy) is 1. The second-order valence-corrected chi connectivity index (χ2v) is 28.6. The Hall–Kier alpha value is -1.77. The van der Waals surface area contributed by atoms with Gasteiger partial charge < -0.3 is 19.4 Å². The smallest absolute Gasteiger partial charge is 0.456 e. The van der Waals surface area contributed by atoms with Crippen LogP contribution in [-0.2, 0) is 27.9 Å². The quantitative estimate of drug-likeness (QED) is 0.0205. The maximum atomic E-state index is 13.6. The number of unbranched alkanes of at least 4 members (excludes halogenated alkanes) is 50. The second-order valence-electron chi connectivity index (χ2n) is 27.2. The predicted octanol–water partition coefficient (Wildman–Crippen LogP) is 24.2. The van der Waals surface area contributed by atoms with E-state index in [9.17, 15) is 19.0 Å². The van der Waals surface area contributed by atoms with Crippen LogP contribution in [0.5, 0.6) is 0 Å². The summed E-state index contributed by atoms with van der Waals surface area (Å²) in [6.45, 7) is 7.06. The Labute approximate surface area is 536 Å². The molecule has 0 fully saturated rings. The van der Waals surface area contributed by atoms with Gasteiger partial charge in [0.15, 0.2) is 0 Å². The minimum absolute atomic E-state index is 0.0427. The lowest BCUT2D eigenvalue weighted by Gasteiger charge is -2.27.